The first-order chi connectivity index (χ1) is 9.76. The van der Waals surface area contributed by atoms with Crippen LogP contribution in [0.2, 0.25) is 0 Å². The molecule has 0 spiro atoms. The van der Waals surface area contributed by atoms with Crippen molar-refractivity contribution in [1.29, 1.82) is 0 Å². The standard InChI is InChI=1S/C17H29N3O/c1-13(2)10-19-16(18)20-11-14-7-6-8-15(9-14)12-21-17(3,4)5/h6-9,13H,10-12H2,1-5H3,(H3,18,19,20). The molecule has 0 aromatic heterocycles. The summed E-state index contributed by atoms with van der Waals surface area (Å²) in [6, 6.07) is 8.27. The molecule has 4 nitrogen and oxygen atoms in total. The average Bonchev–Trinajstić information content (AvgIpc) is 2.40. The summed E-state index contributed by atoms with van der Waals surface area (Å²) in [6.45, 7) is 12.5. The second-order valence-corrected chi connectivity index (χ2v) is 6.70. The van der Waals surface area contributed by atoms with Crippen LogP contribution in [0.5, 0.6) is 0 Å². The number of nitrogens with zero attached hydrogens (tertiary/aromatic N) is 1. The summed E-state index contributed by atoms with van der Waals surface area (Å²) in [7, 11) is 0. The van der Waals surface area contributed by atoms with E-state index < -0.39 is 0 Å². The number of ether oxygens (including phenoxy) is 1. The van der Waals surface area contributed by atoms with E-state index in [1.54, 1.807) is 0 Å². The van der Waals surface area contributed by atoms with Gasteiger partial charge in [-0.3, -0.25) is 0 Å². The Kier molecular flexibility index (Phi) is 6.69. The van der Waals surface area contributed by atoms with E-state index in [9.17, 15) is 0 Å². The Hall–Kier alpha value is -1.55. The highest BCUT2D eigenvalue weighted by molar-refractivity contribution is 5.77. The Morgan fingerprint density at radius 3 is 2.57 bits per heavy atom. The van der Waals surface area contributed by atoms with Gasteiger partial charge in [-0.15, -0.1) is 0 Å². The largest absolute Gasteiger partial charge is 0.371 e. The number of benzene rings is 1. The SMILES string of the molecule is CC(C)CNC(N)=NCc1cccc(COC(C)(C)C)c1. The van der Waals surface area contributed by atoms with E-state index in [1.807, 2.05) is 6.07 Å². The predicted octanol–water partition coefficient (Wildman–Crippen LogP) is 3.06. The first-order valence-electron chi connectivity index (χ1n) is 7.52. The Balaban J connectivity index is 2.54. The molecule has 0 atom stereocenters. The topological polar surface area (TPSA) is 59.6 Å². The Morgan fingerprint density at radius 2 is 1.95 bits per heavy atom. The maximum atomic E-state index is 5.84. The van der Waals surface area contributed by atoms with E-state index in [1.165, 1.54) is 0 Å². The molecule has 0 saturated carbocycles. The van der Waals surface area contributed by atoms with Crippen LogP contribution in [0.4, 0.5) is 0 Å². The van der Waals surface area contributed by atoms with Gasteiger partial charge in [-0.2, -0.15) is 0 Å². The predicted molar refractivity (Wildman–Crippen MR) is 89.2 cm³/mol. The highest BCUT2D eigenvalue weighted by Gasteiger charge is 2.10. The molecule has 1 rings (SSSR count). The molecule has 4 heteroatoms. The fourth-order valence-electron chi connectivity index (χ4n) is 1.66. The lowest BCUT2D eigenvalue weighted by atomic mass is 10.1. The van der Waals surface area contributed by atoms with Crippen molar-refractivity contribution in [3.05, 3.63) is 35.4 Å². The fourth-order valence-corrected chi connectivity index (χ4v) is 1.66. The zero-order valence-electron chi connectivity index (χ0n) is 13.9. The van der Waals surface area contributed by atoms with Gasteiger partial charge in [0.1, 0.15) is 0 Å². The van der Waals surface area contributed by atoms with Crippen LogP contribution in [0.15, 0.2) is 29.3 Å². The minimum absolute atomic E-state index is 0.126. The first kappa shape index (κ1) is 17.5. The van der Waals surface area contributed by atoms with Gasteiger partial charge in [-0.25, -0.2) is 4.99 Å². The molecular formula is C17H29N3O. The van der Waals surface area contributed by atoms with Crippen LogP contribution in [0, 0.1) is 5.92 Å². The molecule has 1 aromatic rings. The summed E-state index contributed by atoms with van der Waals surface area (Å²) in [5.41, 5.74) is 8.01. The van der Waals surface area contributed by atoms with E-state index in [4.69, 9.17) is 10.5 Å². The summed E-state index contributed by atoms with van der Waals surface area (Å²) >= 11 is 0. The molecule has 0 saturated heterocycles. The molecule has 0 radical (unpaired) electrons. The van der Waals surface area contributed by atoms with Gasteiger partial charge in [0.25, 0.3) is 0 Å². The van der Waals surface area contributed by atoms with E-state index >= 15 is 0 Å². The molecule has 0 heterocycles. The number of aliphatic imine (C=N–C) groups is 1. The summed E-state index contributed by atoms with van der Waals surface area (Å²) < 4.78 is 5.79. The van der Waals surface area contributed by atoms with Crippen molar-refractivity contribution < 1.29 is 4.74 Å². The maximum absolute atomic E-state index is 5.84. The van der Waals surface area contributed by atoms with Crippen molar-refractivity contribution >= 4 is 5.96 Å². The lowest BCUT2D eigenvalue weighted by Crippen LogP contribution is -2.34. The second-order valence-electron chi connectivity index (χ2n) is 6.70. The van der Waals surface area contributed by atoms with Crippen molar-refractivity contribution in [2.24, 2.45) is 16.6 Å². The minimum Gasteiger partial charge on any atom is -0.371 e. The number of nitrogens with two attached hydrogens (primary N) is 1. The van der Waals surface area contributed by atoms with Gasteiger partial charge in [0, 0.05) is 6.54 Å². The maximum Gasteiger partial charge on any atom is 0.188 e. The van der Waals surface area contributed by atoms with Gasteiger partial charge >= 0.3 is 0 Å². The van der Waals surface area contributed by atoms with Crippen LogP contribution in [0.3, 0.4) is 0 Å². The highest BCUT2D eigenvalue weighted by atomic mass is 16.5. The number of guanidine groups is 1. The van der Waals surface area contributed by atoms with Crippen molar-refractivity contribution in [2.45, 2.75) is 53.4 Å². The molecule has 0 aliphatic heterocycles. The molecule has 21 heavy (non-hydrogen) atoms. The molecule has 0 fully saturated rings. The van der Waals surface area contributed by atoms with Crippen LogP contribution < -0.4 is 11.1 Å². The average molecular weight is 291 g/mol. The third kappa shape index (κ3) is 8.35. The van der Waals surface area contributed by atoms with Crippen molar-refractivity contribution in [3.63, 3.8) is 0 Å². The Morgan fingerprint density at radius 1 is 1.29 bits per heavy atom. The number of hydrogen-bond donors (Lipinski definition) is 2. The first-order valence-corrected chi connectivity index (χ1v) is 7.52. The molecule has 0 amide bonds. The van der Waals surface area contributed by atoms with Crippen molar-refractivity contribution in [3.8, 4) is 0 Å². The molecular weight excluding hydrogens is 262 g/mol. The number of rotatable bonds is 6. The highest BCUT2D eigenvalue weighted by Crippen LogP contribution is 2.13. The molecule has 0 aliphatic rings. The molecule has 118 valence electrons. The van der Waals surface area contributed by atoms with Gasteiger partial charge in [0.2, 0.25) is 0 Å². The molecule has 1 aromatic carbocycles. The smallest absolute Gasteiger partial charge is 0.188 e. The number of nitrogens with one attached hydrogen (secondary N) is 1. The summed E-state index contributed by atoms with van der Waals surface area (Å²) in [5, 5.41) is 3.12. The monoisotopic (exact) mass is 291 g/mol. The third-order valence-electron chi connectivity index (χ3n) is 2.79. The van der Waals surface area contributed by atoms with Crippen molar-refractivity contribution in [1.82, 2.24) is 5.32 Å². The van der Waals surface area contributed by atoms with Gasteiger partial charge in [0.05, 0.1) is 18.8 Å². The summed E-state index contributed by atoms with van der Waals surface area (Å²) in [5.74, 6) is 1.05. The van der Waals surface area contributed by atoms with Crippen LogP contribution >= 0.6 is 0 Å². The van der Waals surface area contributed by atoms with E-state index in [0.717, 1.165) is 17.7 Å². The fraction of sp³-hybridized carbons (Fsp3) is 0.588. The quantitative estimate of drug-likeness (QED) is 0.625. The van der Waals surface area contributed by atoms with E-state index in [2.05, 4.69) is 63.1 Å². The minimum atomic E-state index is -0.126. The number of hydrogen-bond acceptors (Lipinski definition) is 2. The van der Waals surface area contributed by atoms with Crippen LogP contribution in [0.25, 0.3) is 0 Å². The molecule has 0 aliphatic carbocycles. The van der Waals surface area contributed by atoms with Crippen molar-refractivity contribution in [2.75, 3.05) is 6.54 Å². The van der Waals surface area contributed by atoms with E-state index in [0.29, 0.717) is 25.0 Å². The van der Waals surface area contributed by atoms with Gasteiger partial charge < -0.3 is 15.8 Å². The van der Waals surface area contributed by atoms with Gasteiger partial charge in [0.15, 0.2) is 5.96 Å². The third-order valence-corrected chi connectivity index (χ3v) is 2.79. The lowest BCUT2D eigenvalue weighted by Gasteiger charge is -2.19. The normalized spacial score (nSPS) is 12.8. The molecule has 0 unspecified atom stereocenters. The zero-order valence-corrected chi connectivity index (χ0v) is 13.9. The van der Waals surface area contributed by atoms with Gasteiger partial charge in [-0.05, 0) is 37.8 Å². The van der Waals surface area contributed by atoms with Gasteiger partial charge in [-0.1, -0.05) is 38.1 Å². The Bertz CT molecular complexity index is 461. The lowest BCUT2D eigenvalue weighted by molar-refractivity contribution is -0.0149. The Labute approximate surface area is 128 Å². The second kappa shape index (κ2) is 8.03. The zero-order chi connectivity index (χ0) is 15.9. The summed E-state index contributed by atoms with van der Waals surface area (Å²) in [6.07, 6.45) is 0. The molecule has 0 bridgehead atoms. The molecule has 3 N–H and O–H groups in total. The van der Waals surface area contributed by atoms with Crippen LogP contribution in [-0.4, -0.2) is 18.1 Å². The van der Waals surface area contributed by atoms with Crippen LogP contribution in [-0.2, 0) is 17.9 Å². The van der Waals surface area contributed by atoms with E-state index in [-0.39, 0.29) is 5.60 Å². The van der Waals surface area contributed by atoms with Crippen LogP contribution in [0.1, 0.15) is 45.7 Å². The summed E-state index contributed by atoms with van der Waals surface area (Å²) in [4.78, 5) is 4.36.